The average Bonchev–Trinajstić information content (AvgIpc) is 3.11. The molecule has 4 aromatic rings. The first-order chi connectivity index (χ1) is 13.9. The highest BCUT2D eigenvalue weighted by Crippen LogP contribution is 2.35. The number of benzene rings is 2. The summed E-state index contributed by atoms with van der Waals surface area (Å²) >= 11 is 0. The van der Waals surface area contributed by atoms with Crippen molar-refractivity contribution in [3.05, 3.63) is 81.7 Å². The Bertz CT molecular complexity index is 1250. The Kier molecular flexibility index (Phi) is 5.79. The summed E-state index contributed by atoms with van der Waals surface area (Å²) in [7, 11) is 0. The van der Waals surface area contributed by atoms with Crippen LogP contribution < -0.4 is 5.32 Å². The van der Waals surface area contributed by atoms with Crippen LogP contribution in [-0.2, 0) is 0 Å². The Morgan fingerprint density at radius 2 is 1.83 bits per heavy atom. The van der Waals surface area contributed by atoms with Crippen molar-refractivity contribution in [3.63, 3.8) is 0 Å². The number of halogens is 1. The fraction of sp³-hybridized carbons (Fsp3) is 0.0952. The molecule has 0 fully saturated rings. The smallest absolute Gasteiger partial charge is 0.270 e. The van der Waals surface area contributed by atoms with Crippen LogP contribution in [0.15, 0.2) is 59.1 Å². The number of nitrogens with zero attached hydrogens (tertiary/aromatic N) is 3. The molecule has 0 unspecified atom stereocenters. The van der Waals surface area contributed by atoms with E-state index < -0.39 is 10.8 Å². The number of anilines is 1. The fourth-order valence-corrected chi connectivity index (χ4v) is 3.27. The van der Waals surface area contributed by atoms with Gasteiger partial charge in [-0.05, 0) is 25.5 Å². The first-order valence-corrected chi connectivity index (χ1v) is 8.83. The highest BCUT2D eigenvalue weighted by molar-refractivity contribution is 6.14. The molecule has 2 aromatic heterocycles. The molecule has 0 aliphatic rings. The minimum Gasteiger partial charge on any atom is -0.360 e. The number of rotatable bonds is 4. The number of nitro groups is 1. The lowest BCUT2D eigenvalue weighted by molar-refractivity contribution is -0.384. The molecule has 152 valence electrons. The van der Waals surface area contributed by atoms with Crippen LogP contribution in [0, 0.1) is 24.0 Å². The summed E-state index contributed by atoms with van der Waals surface area (Å²) in [6.07, 6.45) is 0. The van der Waals surface area contributed by atoms with Crippen LogP contribution in [-0.4, -0.2) is 21.0 Å². The SMILES string of the molecule is Cc1cc(NC(=O)c2c(C)nc3ccc([N+](=O)[O-])cc3c2-c2ccccc2)no1.Cl. The molecule has 2 aromatic carbocycles. The Balaban J connectivity index is 0.00000256. The number of non-ortho nitro benzene ring substituents is 1. The molecule has 0 atom stereocenters. The van der Waals surface area contributed by atoms with Crippen LogP contribution in [0.1, 0.15) is 21.8 Å². The number of pyridine rings is 1. The highest BCUT2D eigenvalue weighted by Gasteiger charge is 2.22. The highest BCUT2D eigenvalue weighted by atomic mass is 35.5. The van der Waals surface area contributed by atoms with Gasteiger partial charge in [-0.3, -0.25) is 19.9 Å². The summed E-state index contributed by atoms with van der Waals surface area (Å²) < 4.78 is 5.00. The normalized spacial score (nSPS) is 10.5. The summed E-state index contributed by atoms with van der Waals surface area (Å²) in [5.41, 5.74) is 2.66. The van der Waals surface area contributed by atoms with Gasteiger partial charge in [-0.2, -0.15) is 0 Å². The van der Waals surface area contributed by atoms with Gasteiger partial charge in [0.15, 0.2) is 5.82 Å². The second kappa shape index (κ2) is 8.30. The molecule has 0 spiro atoms. The number of amides is 1. The average molecular weight is 425 g/mol. The van der Waals surface area contributed by atoms with Crippen LogP contribution >= 0.6 is 12.4 Å². The Morgan fingerprint density at radius 3 is 2.47 bits per heavy atom. The number of hydrogen-bond acceptors (Lipinski definition) is 6. The summed E-state index contributed by atoms with van der Waals surface area (Å²) in [5, 5.41) is 18.3. The lowest BCUT2D eigenvalue weighted by atomic mass is 9.93. The molecule has 9 heteroatoms. The van der Waals surface area contributed by atoms with Gasteiger partial charge in [0.1, 0.15) is 5.76 Å². The van der Waals surface area contributed by atoms with Crippen molar-refractivity contribution in [2.45, 2.75) is 13.8 Å². The number of aryl methyl sites for hydroxylation is 2. The minimum absolute atomic E-state index is 0. The van der Waals surface area contributed by atoms with Gasteiger partial charge in [-0.15, -0.1) is 12.4 Å². The Morgan fingerprint density at radius 1 is 1.10 bits per heavy atom. The first kappa shape index (κ1) is 20.9. The Labute approximate surface area is 177 Å². The van der Waals surface area contributed by atoms with E-state index >= 15 is 0 Å². The zero-order valence-electron chi connectivity index (χ0n) is 16.1. The number of fused-ring (bicyclic) bond motifs is 1. The van der Waals surface area contributed by atoms with E-state index in [0.29, 0.717) is 33.5 Å². The van der Waals surface area contributed by atoms with Gasteiger partial charge in [-0.1, -0.05) is 35.5 Å². The Hall–Kier alpha value is -3.78. The zero-order chi connectivity index (χ0) is 20.5. The molecule has 1 amide bonds. The van der Waals surface area contributed by atoms with Crippen LogP contribution in [0.4, 0.5) is 11.5 Å². The second-order valence-corrected chi connectivity index (χ2v) is 6.55. The van der Waals surface area contributed by atoms with Gasteiger partial charge in [0.05, 0.1) is 21.7 Å². The van der Waals surface area contributed by atoms with E-state index in [-0.39, 0.29) is 23.9 Å². The van der Waals surface area contributed by atoms with E-state index in [9.17, 15) is 14.9 Å². The number of hydrogen-bond donors (Lipinski definition) is 1. The van der Waals surface area contributed by atoms with Gasteiger partial charge >= 0.3 is 0 Å². The first-order valence-electron chi connectivity index (χ1n) is 8.83. The predicted molar refractivity (Wildman–Crippen MR) is 115 cm³/mol. The van der Waals surface area contributed by atoms with Crippen molar-refractivity contribution in [2.24, 2.45) is 0 Å². The monoisotopic (exact) mass is 424 g/mol. The summed E-state index contributed by atoms with van der Waals surface area (Å²) in [4.78, 5) is 28.5. The van der Waals surface area contributed by atoms with E-state index in [1.165, 1.54) is 12.1 Å². The third-order valence-electron chi connectivity index (χ3n) is 4.52. The van der Waals surface area contributed by atoms with Crippen molar-refractivity contribution in [2.75, 3.05) is 5.32 Å². The predicted octanol–water partition coefficient (Wildman–Crippen LogP) is 5.09. The molecule has 0 saturated carbocycles. The molecule has 0 aliphatic carbocycles. The van der Waals surface area contributed by atoms with Gasteiger partial charge in [-0.25, -0.2) is 0 Å². The van der Waals surface area contributed by atoms with Crippen molar-refractivity contribution in [1.29, 1.82) is 0 Å². The quantitative estimate of drug-likeness (QED) is 0.361. The standard InChI is InChI=1S/C21H16N4O4.ClH/c1-12-10-18(24-29-12)23-21(26)19-13(2)22-17-9-8-15(25(27)28)11-16(17)20(19)14-6-4-3-5-7-14;/h3-11H,1-2H3,(H,23,24,26);1H. The lowest BCUT2D eigenvalue weighted by Crippen LogP contribution is -2.16. The van der Waals surface area contributed by atoms with Crippen LogP contribution in [0.5, 0.6) is 0 Å². The number of nitrogens with one attached hydrogen (secondary N) is 1. The summed E-state index contributed by atoms with van der Waals surface area (Å²) in [6.45, 7) is 3.45. The molecule has 8 nitrogen and oxygen atoms in total. The van der Waals surface area contributed by atoms with E-state index in [4.69, 9.17) is 4.52 Å². The number of aromatic nitrogens is 2. The maximum atomic E-state index is 13.1. The topological polar surface area (TPSA) is 111 Å². The molecule has 0 radical (unpaired) electrons. The van der Waals surface area contributed by atoms with Crippen molar-refractivity contribution in [3.8, 4) is 11.1 Å². The maximum Gasteiger partial charge on any atom is 0.270 e. The van der Waals surface area contributed by atoms with Crippen LogP contribution in [0.2, 0.25) is 0 Å². The third-order valence-corrected chi connectivity index (χ3v) is 4.52. The maximum absolute atomic E-state index is 13.1. The van der Waals surface area contributed by atoms with Crippen molar-refractivity contribution < 1.29 is 14.2 Å². The number of nitro benzene ring substituents is 1. The number of carbonyl (C=O) groups excluding carboxylic acids is 1. The zero-order valence-corrected chi connectivity index (χ0v) is 16.9. The third kappa shape index (κ3) is 3.85. The van der Waals surface area contributed by atoms with Crippen LogP contribution in [0.25, 0.3) is 22.0 Å². The minimum atomic E-state index is -0.466. The molecular weight excluding hydrogens is 408 g/mol. The van der Waals surface area contributed by atoms with Crippen LogP contribution in [0.3, 0.4) is 0 Å². The van der Waals surface area contributed by atoms with Gasteiger partial charge in [0.2, 0.25) is 0 Å². The van der Waals surface area contributed by atoms with E-state index in [0.717, 1.165) is 5.56 Å². The largest absolute Gasteiger partial charge is 0.360 e. The lowest BCUT2D eigenvalue weighted by Gasteiger charge is -2.15. The van der Waals surface area contributed by atoms with Gasteiger partial charge < -0.3 is 9.84 Å². The van der Waals surface area contributed by atoms with Gasteiger partial charge in [0.25, 0.3) is 11.6 Å². The molecule has 0 bridgehead atoms. The fourth-order valence-electron chi connectivity index (χ4n) is 3.27. The molecule has 4 rings (SSSR count). The summed E-state index contributed by atoms with van der Waals surface area (Å²) in [6, 6.07) is 15.3. The van der Waals surface area contributed by atoms with E-state index in [2.05, 4.69) is 15.5 Å². The number of carbonyl (C=O) groups is 1. The van der Waals surface area contributed by atoms with E-state index in [1.54, 1.807) is 26.0 Å². The molecule has 0 saturated heterocycles. The molecular formula is C21H17ClN4O4. The molecule has 1 N–H and O–H groups in total. The molecule has 30 heavy (non-hydrogen) atoms. The molecule has 0 aliphatic heterocycles. The summed E-state index contributed by atoms with van der Waals surface area (Å²) in [5.74, 6) is 0.424. The van der Waals surface area contributed by atoms with Crippen molar-refractivity contribution in [1.82, 2.24) is 10.1 Å². The van der Waals surface area contributed by atoms with Crippen molar-refractivity contribution >= 4 is 40.7 Å². The van der Waals surface area contributed by atoms with E-state index in [1.807, 2.05) is 30.3 Å². The molecule has 2 heterocycles. The van der Waals surface area contributed by atoms with Gasteiger partial charge in [0, 0.05) is 29.1 Å². The second-order valence-electron chi connectivity index (χ2n) is 6.55.